The molecule has 21 heavy (non-hydrogen) atoms. The maximum atomic E-state index is 12.1. The van der Waals surface area contributed by atoms with Gasteiger partial charge in [-0.05, 0) is 52.9 Å². The van der Waals surface area contributed by atoms with Crippen LogP contribution in [0.5, 0.6) is 0 Å². The Morgan fingerprint density at radius 2 is 2.00 bits per heavy atom. The zero-order valence-electron chi connectivity index (χ0n) is 11.4. The first-order chi connectivity index (χ1) is 10.1. The number of anilines is 1. The summed E-state index contributed by atoms with van der Waals surface area (Å²) in [4.78, 5) is 23.7. The second-order valence-corrected chi connectivity index (χ2v) is 5.48. The van der Waals surface area contributed by atoms with E-state index in [0.717, 1.165) is 3.57 Å². The third kappa shape index (κ3) is 4.36. The van der Waals surface area contributed by atoms with Crippen molar-refractivity contribution >= 4 is 34.2 Å². The van der Waals surface area contributed by atoms with E-state index in [1.807, 2.05) is 12.1 Å². The predicted octanol–water partition coefficient (Wildman–Crippen LogP) is 1.75. The number of carbonyl (C=O) groups is 1. The van der Waals surface area contributed by atoms with Crippen molar-refractivity contribution in [3.8, 4) is 0 Å². The molecule has 2 aromatic rings. The molecule has 0 unspecified atom stereocenters. The lowest BCUT2D eigenvalue weighted by atomic mass is 10.3. The number of hydrogen-bond acceptors (Lipinski definition) is 4. The molecule has 110 valence electrons. The average Bonchev–Trinajstić information content (AvgIpc) is 2.48. The van der Waals surface area contributed by atoms with Gasteiger partial charge < -0.3 is 10.1 Å². The summed E-state index contributed by atoms with van der Waals surface area (Å²) in [6.45, 7) is 0.662. The molecule has 1 heterocycles. The van der Waals surface area contributed by atoms with Crippen LogP contribution in [0.15, 0.2) is 41.2 Å². The number of carbonyl (C=O) groups excluding carboxylic acids is 1. The summed E-state index contributed by atoms with van der Waals surface area (Å²) in [5.41, 5.74) is 0.596. The zero-order valence-corrected chi connectivity index (χ0v) is 13.5. The van der Waals surface area contributed by atoms with E-state index in [2.05, 4.69) is 33.0 Å². The molecule has 0 spiro atoms. The van der Waals surface area contributed by atoms with Gasteiger partial charge in [0.05, 0.1) is 13.2 Å². The van der Waals surface area contributed by atoms with Crippen molar-refractivity contribution in [1.82, 2.24) is 9.78 Å². The van der Waals surface area contributed by atoms with Gasteiger partial charge in [0.2, 0.25) is 0 Å². The SMILES string of the molecule is COCCn1nc(C(=O)Nc2ccc(I)cc2)ccc1=O. The van der Waals surface area contributed by atoms with E-state index in [4.69, 9.17) is 4.74 Å². The number of rotatable bonds is 5. The van der Waals surface area contributed by atoms with Crippen LogP contribution < -0.4 is 10.9 Å². The number of aromatic nitrogens is 2. The third-order valence-electron chi connectivity index (χ3n) is 2.71. The van der Waals surface area contributed by atoms with Gasteiger partial charge in [0, 0.05) is 22.4 Å². The van der Waals surface area contributed by atoms with Crippen molar-refractivity contribution in [2.24, 2.45) is 0 Å². The number of benzene rings is 1. The van der Waals surface area contributed by atoms with Crippen LogP contribution in [0.3, 0.4) is 0 Å². The second-order valence-electron chi connectivity index (χ2n) is 4.23. The molecule has 0 aliphatic heterocycles. The van der Waals surface area contributed by atoms with Gasteiger partial charge in [-0.15, -0.1) is 0 Å². The molecule has 0 aliphatic carbocycles. The van der Waals surface area contributed by atoms with Crippen molar-refractivity contribution in [2.75, 3.05) is 19.0 Å². The minimum Gasteiger partial charge on any atom is -0.383 e. The van der Waals surface area contributed by atoms with E-state index in [1.54, 1.807) is 19.2 Å². The average molecular weight is 399 g/mol. The summed E-state index contributed by atoms with van der Waals surface area (Å²) in [7, 11) is 1.54. The fraction of sp³-hybridized carbons (Fsp3) is 0.214. The van der Waals surface area contributed by atoms with E-state index >= 15 is 0 Å². The fourth-order valence-corrected chi connectivity index (χ4v) is 2.00. The van der Waals surface area contributed by atoms with Crippen LogP contribution in [0, 0.1) is 3.57 Å². The van der Waals surface area contributed by atoms with Crippen LogP contribution in [0.2, 0.25) is 0 Å². The van der Waals surface area contributed by atoms with Gasteiger partial charge in [0.25, 0.3) is 11.5 Å². The molecule has 1 aromatic heterocycles. The number of nitrogens with one attached hydrogen (secondary N) is 1. The molecule has 0 saturated carbocycles. The molecule has 1 amide bonds. The Hall–Kier alpha value is -1.74. The highest BCUT2D eigenvalue weighted by Gasteiger charge is 2.10. The molecule has 6 nitrogen and oxygen atoms in total. The standard InChI is InChI=1S/C14H14IN3O3/c1-21-9-8-18-13(19)7-6-12(17-18)14(20)16-11-4-2-10(15)3-5-11/h2-7H,8-9H2,1H3,(H,16,20). The van der Waals surface area contributed by atoms with Crippen molar-refractivity contribution in [3.05, 3.63) is 56.0 Å². The van der Waals surface area contributed by atoms with Gasteiger partial charge >= 0.3 is 0 Å². The number of halogens is 1. The van der Waals surface area contributed by atoms with Crippen molar-refractivity contribution in [2.45, 2.75) is 6.54 Å². The molecule has 7 heteroatoms. The lowest BCUT2D eigenvalue weighted by Gasteiger charge is -2.07. The Morgan fingerprint density at radius 3 is 2.67 bits per heavy atom. The molecule has 0 saturated heterocycles. The maximum absolute atomic E-state index is 12.1. The quantitative estimate of drug-likeness (QED) is 0.778. The summed E-state index contributed by atoms with van der Waals surface area (Å²) in [5, 5.41) is 6.77. The fourth-order valence-electron chi connectivity index (χ4n) is 1.64. The maximum Gasteiger partial charge on any atom is 0.276 e. The Bertz CT molecular complexity index is 683. The van der Waals surface area contributed by atoms with Crippen LogP contribution in [0.1, 0.15) is 10.5 Å². The van der Waals surface area contributed by atoms with Gasteiger partial charge in [-0.3, -0.25) is 9.59 Å². The number of hydrogen-bond donors (Lipinski definition) is 1. The largest absolute Gasteiger partial charge is 0.383 e. The van der Waals surface area contributed by atoms with E-state index in [0.29, 0.717) is 18.8 Å². The smallest absolute Gasteiger partial charge is 0.276 e. The van der Waals surface area contributed by atoms with E-state index in [-0.39, 0.29) is 17.2 Å². The molecule has 0 fully saturated rings. The van der Waals surface area contributed by atoms with Crippen molar-refractivity contribution < 1.29 is 9.53 Å². The van der Waals surface area contributed by atoms with Gasteiger partial charge in [-0.1, -0.05) is 0 Å². The molecular weight excluding hydrogens is 385 g/mol. The molecule has 1 N–H and O–H groups in total. The summed E-state index contributed by atoms with van der Waals surface area (Å²) < 4.78 is 7.20. The lowest BCUT2D eigenvalue weighted by Crippen LogP contribution is -2.27. The predicted molar refractivity (Wildman–Crippen MR) is 87.5 cm³/mol. The molecule has 0 bridgehead atoms. The molecule has 0 atom stereocenters. The number of methoxy groups -OCH3 is 1. The van der Waals surface area contributed by atoms with E-state index in [9.17, 15) is 9.59 Å². The second kappa shape index (κ2) is 7.32. The molecule has 1 aromatic carbocycles. The lowest BCUT2D eigenvalue weighted by molar-refractivity contribution is 0.101. The summed E-state index contributed by atoms with van der Waals surface area (Å²) >= 11 is 2.19. The van der Waals surface area contributed by atoms with E-state index in [1.165, 1.54) is 16.8 Å². The van der Waals surface area contributed by atoms with Crippen LogP contribution in [0.25, 0.3) is 0 Å². The molecular formula is C14H14IN3O3. The number of ether oxygens (including phenoxy) is 1. The van der Waals surface area contributed by atoms with Crippen LogP contribution in [0.4, 0.5) is 5.69 Å². The van der Waals surface area contributed by atoms with Gasteiger partial charge in [-0.2, -0.15) is 5.10 Å². The van der Waals surface area contributed by atoms with Crippen LogP contribution >= 0.6 is 22.6 Å². The highest BCUT2D eigenvalue weighted by molar-refractivity contribution is 14.1. The Labute approximate surface area is 135 Å². The van der Waals surface area contributed by atoms with Crippen molar-refractivity contribution in [3.63, 3.8) is 0 Å². The third-order valence-corrected chi connectivity index (χ3v) is 3.43. The Morgan fingerprint density at radius 1 is 1.29 bits per heavy atom. The van der Waals surface area contributed by atoms with E-state index < -0.39 is 0 Å². The highest BCUT2D eigenvalue weighted by atomic mass is 127. The first-order valence-electron chi connectivity index (χ1n) is 6.24. The van der Waals surface area contributed by atoms with Gasteiger partial charge in [-0.25, -0.2) is 4.68 Å². The molecule has 0 aliphatic rings. The minimum absolute atomic E-state index is 0.184. The zero-order chi connectivity index (χ0) is 15.2. The first kappa shape index (κ1) is 15.6. The van der Waals surface area contributed by atoms with Crippen LogP contribution in [-0.4, -0.2) is 29.4 Å². The van der Waals surface area contributed by atoms with Gasteiger partial charge in [0.1, 0.15) is 5.69 Å². The minimum atomic E-state index is -0.359. The normalized spacial score (nSPS) is 10.4. The van der Waals surface area contributed by atoms with Crippen molar-refractivity contribution in [1.29, 1.82) is 0 Å². The number of amides is 1. The summed E-state index contributed by atoms with van der Waals surface area (Å²) in [6, 6.07) is 10.1. The number of nitrogens with zero attached hydrogens (tertiary/aromatic N) is 2. The Kier molecular flexibility index (Phi) is 5.45. The Balaban J connectivity index is 2.15. The van der Waals surface area contributed by atoms with Gasteiger partial charge in [0.15, 0.2) is 0 Å². The topological polar surface area (TPSA) is 73.2 Å². The summed E-state index contributed by atoms with van der Waals surface area (Å²) in [6.07, 6.45) is 0. The van der Waals surface area contributed by atoms with Crippen LogP contribution in [-0.2, 0) is 11.3 Å². The molecule has 2 rings (SSSR count). The molecule has 0 radical (unpaired) electrons. The first-order valence-corrected chi connectivity index (χ1v) is 7.32. The monoisotopic (exact) mass is 399 g/mol. The summed E-state index contributed by atoms with van der Waals surface area (Å²) in [5.74, 6) is -0.359. The highest BCUT2D eigenvalue weighted by Crippen LogP contribution is 2.11.